The van der Waals surface area contributed by atoms with Crippen molar-refractivity contribution in [1.29, 1.82) is 0 Å². The van der Waals surface area contributed by atoms with Gasteiger partial charge in [0, 0.05) is 55.1 Å². The maximum Gasteiger partial charge on any atom is 0.251 e. The molecule has 2 aromatic heterocycles. The molecule has 0 unspecified atom stereocenters. The fourth-order valence-corrected chi connectivity index (χ4v) is 3.60. The van der Waals surface area contributed by atoms with Gasteiger partial charge in [0.2, 0.25) is 0 Å². The van der Waals surface area contributed by atoms with Gasteiger partial charge in [-0.3, -0.25) is 0 Å². The summed E-state index contributed by atoms with van der Waals surface area (Å²) >= 11 is 0. The largest absolute Gasteiger partial charge is 0.367 e. The van der Waals surface area contributed by atoms with Gasteiger partial charge in [0.25, 0.3) is 5.92 Å². The lowest BCUT2D eigenvalue weighted by molar-refractivity contribution is -0.0221. The number of aromatic nitrogens is 2. The molecule has 2 saturated heterocycles. The Hall–Kier alpha value is -2.02. The third-order valence-corrected chi connectivity index (χ3v) is 5.11. The lowest BCUT2D eigenvalue weighted by Gasteiger charge is -2.33. The van der Waals surface area contributed by atoms with Crippen LogP contribution in [0.5, 0.6) is 0 Å². The van der Waals surface area contributed by atoms with E-state index in [2.05, 4.69) is 20.6 Å². The molecule has 2 aromatic rings. The van der Waals surface area contributed by atoms with Gasteiger partial charge in [-0.1, -0.05) is 0 Å². The second kappa shape index (κ2) is 6.71. The number of nitrogens with one attached hydrogen (secondary N) is 2. The van der Waals surface area contributed by atoms with E-state index in [1.165, 1.54) is 0 Å². The van der Waals surface area contributed by atoms with E-state index in [1.54, 1.807) is 6.20 Å². The summed E-state index contributed by atoms with van der Waals surface area (Å²) in [6.07, 6.45) is 5.47. The van der Waals surface area contributed by atoms with Crippen LogP contribution in [0.1, 0.15) is 25.7 Å². The zero-order chi connectivity index (χ0) is 17.3. The second-order valence-corrected chi connectivity index (χ2v) is 6.94. The van der Waals surface area contributed by atoms with Gasteiger partial charge in [-0.15, -0.1) is 0 Å². The van der Waals surface area contributed by atoms with Crippen LogP contribution in [-0.2, 0) is 0 Å². The molecule has 0 aliphatic carbocycles. The zero-order valence-corrected chi connectivity index (χ0v) is 14.1. The molecule has 0 saturated carbocycles. The molecule has 2 N–H and O–H groups in total. The van der Waals surface area contributed by atoms with Gasteiger partial charge < -0.3 is 15.5 Å². The highest BCUT2D eigenvalue weighted by Crippen LogP contribution is 2.33. The van der Waals surface area contributed by atoms with E-state index in [0.29, 0.717) is 19.1 Å². The number of alkyl halides is 2. The molecule has 25 heavy (non-hydrogen) atoms. The van der Waals surface area contributed by atoms with Crippen LogP contribution in [0.2, 0.25) is 0 Å². The van der Waals surface area contributed by atoms with Crippen molar-refractivity contribution in [2.45, 2.75) is 37.6 Å². The summed E-state index contributed by atoms with van der Waals surface area (Å²) < 4.78 is 26.9. The van der Waals surface area contributed by atoms with Crippen molar-refractivity contribution >= 4 is 22.4 Å². The fourth-order valence-electron chi connectivity index (χ4n) is 3.60. The van der Waals surface area contributed by atoms with Crippen LogP contribution in [0.4, 0.5) is 20.4 Å². The summed E-state index contributed by atoms with van der Waals surface area (Å²) in [7, 11) is 0. The number of fused-ring (bicyclic) bond motifs is 1. The van der Waals surface area contributed by atoms with Crippen molar-refractivity contribution in [3.8, 4) is 0 Å². The molecule has 134 valence electrons. The van der Waals surface area contributed by atoms with E-state index in [4.69, 9.17) is 0 Å². The Morgan fingerprint density at radius 2 is 1.92 bits per heavy atom. The van der Waals surface area contributed by atoms with Crippen LogP contribution >= 0.6 is 0 Å². The molecule has 0 radical (unpaired) electrons. The smallest absolute Gasteiger partial charge is 0.251 e. The number of anilines is 2. The number of piperidine rings is 2. The lowest BCUT2D eigenvalue weighted by Crippen LogP contribution is -2.39. The topological polar surface area (TPSA) is 53.1 Å². The third-order valence-electron chi connectivity index (χ3n) is 5.11. The van der Waals surface area contributed by atoms with E-state index in [0.717, 1.165) is 48.3 Å². The van der Waals surface area contributed by atoms with E-state index >= 15 is 0 Å². The molecule has 0 atom stereocenters. The molecule has 0 spiro atoms. The summed E-state index contributed by atoms with van der Waals surface area (Å²) in [6, 6.07) is 4.34. The van der Waals surface area contributed by atoms with Gasteiger partial charge >= 0.3 is 0 Å². The highest BCUT2D eigenvalue weighted by atomic mass is 19.3. The first kappa shape index (κ1) is 16.4. The average molecular weight is 347 g/mol. The molecule has 4 heterocycles. The number of hydrogen-bond acceptors (Lipinski definition) is 5. The molecule has 2 aliphatic rings. The summed E-state index contributed by atoms with van der Waals surface area (Å²) in [4.78, 5) is 11.0. The van der Waals surface area contributed by atoms with Crippen LogP contribution in [0.15, 0.2) is 24.5 Å². The van der Waals surface area contributed by atoms with Crippen molar-refractivity contribution in [3.05, 3.63) is 24.5 Å². The first-order chi connectivity index (χ1) is 12.1. The fraction of sp³-hybridized carbons (Fsp3) is 0.556. The Morgan fingerprint density at radius 1 is 1.16 bits per heavy atom. The van der Waals surface area contributed by atoms with Crippen molar-refractivity contribution in [2.24, 2.45) is 0 Å². The van der Waals surface area contributed by atoms with E-state index in [9.17, 15) is 8.78 Å². The Balaban J connectivity index is 1.59. The minimum absolute atomic E-state index is 0.115. The molecule has 5 nitrogen and oxygen atoms in total. The SMILES string of the molecule is FC1(F)CCN(c2nccc3cnc(NC4CCNCC4)cc23)CC1. The number of pyridine rings is 2. The maximum atomic E-state index is 13.5. The quantitative estimate of drug-likeness (QED) is 0.894. The molecule has 7 heteroatoms. The molecule has 2 fully saturated rings. The number of hydrogen-bond donors (Lipinski definition) is 2. The van der Waals surface area contributed by atoms with Gasteiger partial charge in [0.15, 0.2) is 0 Å². The molecular formula is C18H23F2N5. The standard InChI is InChI=1S/C18H23F2N5/c19-18(20)4-9-25(10-5-18)17-15-11-16(23-12-13(15)1-8-22-17)24-14-2-6-21-7-3-14/h1,8,11-12,14,21H,2-7,9-10H2,(H,23,24). The normalized spacial score (nSPS) is 21.4. The molecule has 0 aromatic carbocycles. The lowest BCUT2D eigenvalue weighted by atomic mass is 10.1. The summed E-state index contributed by atoms with van der Waals surface area (Å²) in [5.74, 6) is -0.940. The zero-order valence-electron chi connectivity index (χ0n) is 14.1. The Labute approximate surface area is 145 Å². The van der Waals surface area contributed by atoms with Crippen LogP contribution in [0, 0.1) is 0 Å². The predicted molar refractivity (Wildman–Crippen MR) is 95.4 cm³/mol. The van der Waals surface area contributed by atoms with Gasteiger partial charge in [-0.05, 0) is 38.1 Å². The monoisotopic (exact) mass is 347 g/mol. The molecule has 4 rings (SSSR count). The minimum Gasteiger partial charge on any atom is -0.367 e. The van der Waals surface area contributed by atoms with Crippen LogP contribution in [0.3, 0.4) is 0 Å². The van der Waals surface area contributed by atoms with Crippen molar-refractivity contribution in [1.82, 2.24) is 15.3 Å². The number of halogens is 2. The highest BCUT2D eigenvalue weighted by molar-refractivity contribution is 5.93. The van der Waals surface area contributed by atoms with Gasteiger partial charge in [0.05, 0.1) is 0 Å². The second-order valence-electron chi connectivity index (χ2n) is 6.94. The Kier molecular flexibility index (Phi) is 4.41. The Morgan fingerprint density at radius 3 is 2.68 bits per heavy atom. The molecule has 2 aliphatic heterocycles. The molecular weight excluding hydrogens is 324 g/mol. The van der Waals surface area contributed by atoms with E-state index in [1.807, 2.05) is 23.2 Å². The third kappa shape index (κ3) is 3.66. The first-order valence-corrected chi connectivity index (χ1v) is 8.96. The Bertz CT molecular complexity index is 735. The highest BCUT2D eigenvalue weighted by Gasteiger charge is 2.34. The summed E-state index contributed by atoms with van der Waals surface area (Å²) in [6.45, 7) is 2.69. The molecule has 0 bridgehead atoms. The van der Waals surface area contributed by atoms with Crippen molar-refractivity contribution in [3.63, 3.8) is 0 Å². The number of rotatable bonds is 3. The maximum absolute atomic E-state index is 13.5. The predicted octanol–water partition coefficient (Wildman–Crippen LogP) is 3.03. The van der Waals surface area contributed by atoms with Crippen molar-refractivity contribution in [2.75, 3.05) is 36.4 Å². The average Bonchev–Trinajstić information content (AvgIpc) is 2.62. The minimum atomic E-state index is -2.55. The van der Waals surface area contributed by atoms with E-state index in [-0.39, 0.29) is 12.8 Å². The van der Waals surface area contributed by atoms with Gasteiger partial charge in [0.1, 0.15) is 11.6 Å². The van der Waals surface area contributed by atoms with Crippen LogP contribution in [-0.4, -0.2) is 48.1 Å². The van der Waals surface area contributed by atoms with Gasteiger partial charge in [-0.25, -0.2) is 18.7 Å². The molecule has 0 amide bonds. The van der Waals surface area contributed by atoms with Crippen LogP contribution in [0.25, 0.3) is 10.8 Å². The van der Waals surface area contributed by atoms with Crippen molar-refractivity contribution < 1.29 is 8.78 Å². The summed E-state index contributed by atoms with van der Waals surface area (Å²) in [5.41, 5.74) is 0. The van der Waals surface area contributed by atoms with Crippen LogP contribution < -0.4 is 15.5 Å². The first-order valence-electron chi connectivity index (χ1n) is 8.96. The number of nitrogens with zero attached hydrogens (tertiary/aromatic N) is 3. The summed E-state index contributed by atoms with van der Waals surface area (Å²) in [5, 5.41) is 8.81. The van der Waals surface area contributed by atoms with Gasteiger partial charge in [-0.2, -0.15) is 0 Å². The van der Waals surface area contributed by atoms with E-state index < -0.39 is 5.92 Å².